The summed E-state index contributed by atoms with van der Waals surface area (Å²) in [5.74, 6) is -0.345. The van der Waals surface area contributed by atoms with E-state index in [9.17, 15) is 13.2 Å². The third-order valence-electron chi connectivity index (χ3n) is 4.33. The monoisotopic (exact) mass is 447 g/mol. The molecule has 144 valence electrons. The number of benzene rings is 2. The highest BCUT2D eigenvalue weighted by atomic mass is 35.5. The fraction of sp³-hybridized carbons (Fsp3) is 0.278. The molecule has 9 heteroatoms. The molecule has 2 aromatic rings. The third kappa shape index (κ3) is 4.76. The van der Waals surface area contributed by atoms with Gasteiger partial charge < -0.3 is 4.74 Å². The topological polar surface area (TPSA) is 63.7 Å². The Morgan fingerprint density at radius 2 is 1.56 bits per heavy atom. The number of piperidine rings is 1. The molecule has 1 aliphatic heterocycles. The molecule has 1 fully saturated rings. The first-order valence-corrected chi connectivity index (χ1v) is 10.8. The van der Waals surface area contributed by atoms with Crippen molar-refractivity contribution in [3.63, 3.8) is 0 Å². The summed E-state index contributed by atoms with van der Waals surface area (Å²) in [5, 5.41) is 0.955. The van der Waals surface area contributed by atoms with Crippen molar-refractivity contribution in [2.75, 3.05) is 13.1 Å². The van der Waals surface area contributed by atoms with E-state index in [0.717, 1.165) is 0 Å². The van der Waals surface area contributed by atoms with Gasteiger partial charge in [0.1, 0.15) is 10.6 Å². The number of carbonyl (C=O) groups is 1. The lowest BCUT2D eigenvalue weighted by molar-refractivity contribution is -0.140. The maximum atomic E-state index is 12.8. The number of hydrogen-bond donors (Lipinski definition) is 0. The number of ether oxygens (including phenoxy) is 1. The van der Waals surface area contributed by atoms with Crippen LogP contribution in [0.3, 0.4) is 0 Å². The van der Waals surface area contributed by atoms with E-state index in [1.807, 2.05) is 0 Å². The lowest BCUT2D eigenvalue weighted by atomic mass is 9.98. The van der Waals surface area contributed by atoms with Crippen molar-refractivity contribution in [3.8, 4) is 5.75 Å². The summed E-state index contributed by atoms with van der Waals surface area (Å²) in [5.41, 5.74) is 0. The lowest BCUT2D eigenvalue weighted by Crippen LogP contribution is -2.41. The van der Waals surface area contributed by atoms with Crippen LogP contribution in [0.2, 0.25) is 15.1 Å². The second-order valence-corrected chi connectivity index (χ2v) is 9.31. The van der Waals surface area contributed by atoms with E-state index in [1.54, 1.807) is 24.3 Å². The van der Waals surface area contributed by atoms with Crippen LogP contribution in [0.5, 0.6) is 5.75 Å². The maximum absolute atomic E-state index is 12.8. The molecule has 2 aromatic carbocycles. The Morgan fingerprint density at radius 1 is 0.963 bits per heavy atom. The molecule has 0 N–H and O–H groups in total. The number of halogens is 3. The Labute approximate surface area is 172 Å². The van der Waals surface area contributed by atoms with Crippen LogP contribution >= 0.6 is 34.8 Å². The highest BCUT2D eigenvalue weighted by molar-refractivity contribution is 7.89. The number of esters is 1. The fourth-order valence-corrected chi connectivity index (χ4v) is 5.18. The van der Waals surface area contributed by atoms with Crippen molar-refractivity contribution in [2.45, 2.75) is 17.7 Å². The van der Waals surface area contributed by atoms with E-state index in [2.05, 4.69) is 0 Å². The van der Waals surface area contributed by atoms with Crippen molar-refractivity contribution in [3.05, 3.63) is 57.5 Å². The molecule has 0 unspecified atom stereocenters. The zero-order chi connectivity index (χ0) is 19.6. The molecule has 0 amide bonds. The molecule has 3 rings (SSSR count). The first kappa shape index (κ1) is 20.4. The Morgan fingerprint density at radius 3 is 2.19 bits per heavy atom. The van der Waals surface area contributed by atoms with E-state index < -0.39 is 10.0 Å². The minimum Gasteiger partial charge on any atom is -0.426 e. The quantitative estimate of drug-likeness (QED) is 0.504. The SMILES string of the molecule is O=C(Oc1ccc(Cl)cc1)C1CCN(S(=O)(=O)c2cc(Cl)ccc2Cl)CC1. The largest absolute Gasteiger partial charge is 0.426 e. The van der Waals surface area contributed by atoms with Gasteiger partial charge in [-0.05, 0) is 55.3 Å². The molecule has 27 heavy (non-hydrogen) atoms. The number of carbonyl (C=O) groups excluding carboxylic acids is 1. The van der Waals surface area contributed by atoms with E-state index >= 15 is 0 Å². The molecule has 5 nitrogen and oxygen atoms in total. The summed E-state index contributed by atoms with van der Waals surface area (Å²) in [6.07, 6.45) is 0.730. The molecule has 0 bridgehead atoms. The Bertz CT molecular complexity index is 940. The Hall–Kier alpha value is -1.31. The highest BCUT2D eigenvalue weighted by Gasteiger charge is 2.34. The standard InChI is InChI=1S/C18H16Cl3NO4S/c19-13-1-4-15(5-2-13)26-18(23)12-7-9-22(10-8-12)27(24,25)17-11-14(20)3-6-16(17)21/h1-6,11-12H,7-10H2. The molecule has 0 aromatic heterocycles. The zero-order valence-corrected chi connectivity index (χ0v) is 17.2. The van der Waals surface area contributed by atoms with E-state index in [1.165, 1.54) is 22.5 Å². The van der Waals surface area contributed by atoms with Gasteiger partial charge in [-0.1, -0.05) is 34.8 Å². The second kappa shape index (κ2) is 8.37. The predicted octanol–water partition coefficient (Wildman–Crippen LogP) is 4.65. The van der Waals surface area contributed by atoms with Gasteiger partial charge in [-0.3, -0.25) is 4.79 Å². The highest BCUT2D eigenvalue weighted by Crippen LogP contribution is 2.30. The van der Waals surface area contributed by atoms with E-state index in [0.29, 0.717) is 28.6 Å². The van der Waals surface area contributed by atoms with Gasteiger partial charge in [0.15, 0.2) is 0 Å². The molecule has 0 atom stereocenters. The fourth-order valence-electron chi connectivity index (χ4n) is 2.85. The first-order chi connectivity index (χ1) is 12.8. The maximum Gasteiger partial charge on any atom is 0.314 e. The number of rotatable bonds is 4. The minimum atomic E-state index is -3.78. The molecule has 0 saturated carbocycles. The lowest BCUT2D eigenvalue weighted by Gasteiger charge is -2.30. The van der Waals surface area contributed by atoms with Crippen LogP contribution in [0.15, 0.2) is 47.4 Å². The molecule has 1 aliphatic rings. The molecule has 0 aliphatic carbocycles. The Kier molecular flexibility index (Phi) is 6.33. The summed E-state index contributed by atoms with van der Waals surface area (Å²) < 4.78 is 32.3. The van der Waals surface area contributed by atoms with Crippen LogP contribution in [-0.2, 0) is 14.8 Å². The van der Waals surface area contributed by atoms with Gasteiger partial charge in [-0.25, -0.2) is 8.42 Å². The molecular weight excluding hydrogens is 433 g/mol. The third-order valence-corrected chi connectivity index (χ3v) is 7.20. The van der Waals surface area contributed by atoms with E-state index in [-0.39, 0.29) is 34.9 Å². The summed E-state index contributed by atoms with van der Waals surface area (Å²) in [6, 6.07) is 10.8. The van der Waals surface area contributed by atoms with Gasteiger partial charge in [-0.2, -0.15) is 4.31 Å². The summed E-state index contributed by atoms with van der Waals surface area (Å²) >= 11 is 17.7. The van der Waals surface area contributed by atoms with Gasteiger partial charge in [-0.15, -0.1) is 0 Å². The van der Waals surface area contributed by atoms with Crippen molar-refractivity contribution in [1.29, 1.82) is 0 Å². The van der Waals surface area contributed by atoms with E-state index in [4.69, 9.17) is 39.5 Å². The van der Waals surface area contributed by atoms with Gasteiger partial charge in [0.2, 0.25) is 10.0 Å². The number of nitrogens with zero attached hydrogens (tertiary/aromatic N) is 1. The average Bonchev–Trinajstić information content (AvgIpc) is 2.65. The van der Waals surface area contributed by atoms with Crippen LogP contribution in [-0.4, -0.2) is 31.8 Å². The molecule has 0 spiro atoms. The second-order valence-electron chi connectivity index (χ2n) is 6.13. The normalized spacial score (nSPS) is 16.3. The van der Waals surface area contributed by atoms with Crippen LogP contribution in [0.1, 0.15) is 12.8 Å². The van der Waals surface area contributed by atoms with Crippen molar-refractivity contribution >= 4 is 50.8 Å². The molecular formula is C18H16Cl3NO4S. The molecule has 0 radical (unpaired) electrons. The smallest absolute Gasteiger partial charge is 0.314 e. The predicted molar refractivity (Wildman–Crippen MR) is 105 cm³/mol. The molecule has 1 heterocycles. The Balaban J connectivity index is 1.65. The zero-order valence-electron chi connectivity index (χ0n) is 14.1. The van der Waals surface area contributed by atoms with Crippen LogP contribution < -0.4 is 4.74 Å². The summed E-state index contributed by atoms with van der Waals surface area (Å²) in [6.45, 7) is 0.400. The first-order valence-electron chi connectivity index (χ1n) is 8.20. The molecule has 1 saturated heterocycles. The van der Waals surface area contributed by atoms with Crippen molar-refractivity contribution in [2.24, 2.45) is 5.92 Å². The van der Waals surface area contributed by atoms with Gasteiger partial charge in [0, 0.05) is 23.1 Å². The van der Waals surface area contributed by atoms with Crippen LogP contribution in [0.25, 0.3) is 0 Å². The number of hydrogen-bond acceptors (Lipinski definition) is 4. The van der Waals surface area contributed by atoms with Crippen molar-refractivity contribution in [1.82, 2.24) is 4.31 Å². The van der Waals surface area contributed by atoms with Gasteiger partial charge in [0.05, 0.1) is 10.9 Å². The van der Waals surface area contributed by atoms with Gasteiger partial charge >= 0.3 is 5.97 Å². The van der Waals surface area contributed by atoms with Crippen molar-refractivity contribution < 1.29 is 17.9 Å². The summed E-state index contributed by atoms with van der Waals surface area (Å²) in [7, 11) is -3.78. The van der Waals surface area contributed by atoms with Crippen LogP contribution in [0, 0.1) is 5.92 Å². The van der Waals surface area contributed by atoms with Crippen LogP contribution in [0.4, 0.5) is 0 Å². The number of sulfonamides is 1. The summed E-state index contributed by atoms with van der Waals surface area (Å²) in [4.78, 5) is 12.3. The average molecular weight is 449 g/mol. The minimum absolute atomic E-state index is 0.0288. The van der Waals surface area contributed by atoms with Gasteiger partial charge in [0.25, 0.3) is 0 Å².